The molecule has 1 atom stereocenters. The predicted molar refractivity (Wildman–Crippen MR) is 153 cm³/mol. The number of carbonyl (C=O) groups excluding carboxylic acids is 2. The molecule has 0 aliphatic rings. The normalized spacial score (nSPS) is 12.3. The molecule has 0 aromatic heterocycles. The maximum atomic E-state index is 14.4. The van der Waals surface area contributed by atoms with E-state index < -0.39 is 7.92 Å². The molecule has 0 aliphatic carbocycles. The molecule has 0 radical (unpaired) electrons. The van der Waals surface area contributed by atoms with Crippen molar-refractivity contribution in [2.75, 3.05) is 0 Å². The van der Waals surface area contributed by atoms with Gasteiger partial charge in [0, 0.05) is 11.1 Å². The summed E-state index contributed by atoms with van der Waals surface area (Å²) in [5, 5.41) is 0.781. The van der Waals surface area contributed by atoms with Gasteiger partial charge in [-0.2, -0.15) is 0 Å². The number of carbonyl (C=O) groups is 2. The molecule has 0 spiro atoms. The molecule has 182 valence electrons. The number of benzene rings is 4. The van der Waals surface area contributed by atoms with E-state index in [2.05, 4.69) is 32.9 Å². The largest absolute Gasteiger partial charge is 0.288 e. The highest BCUT2D eigenvalue weighted by Crippen LogP contribution is 2.46. The Morgan fingerprint density at radius 2 is 1.14 bits per heavy atom. The second kappa shape index (κ2) is 10.3. The molecule has 0 aliphatic heterocycles. The SMILES string of the molecule is Cc1cc(C(C)(C)C)cc(C)c1C(=O)P(C(=O)c1c(C)cccc1-c1ccccc1)c1ccccc1. The standard InChI is InChI=1S/C33H33O2P/c1-22-14-13-19-28(25-15-9-7-10-16-25)30(22)32(35)36(27-17-11-8-12-18-27)31(34)29-23(2)20-26(21-24(29)3)33(4,5)6/h7-21H,1-6H3. The van der Waals surface area contributed by atoms with Crippen molar-refractivity contribution >= 4 is 24.3 Å². The third-order valence-electron chi connectivity index (χ3n) is 6.60. The molecule has 4 aromatic rings. The second-order valence-electron chi connectivity index (χ2n) is 10.4. The van der Waals surface area contributed by atoms with Gasteiger partial charge in [-0.15, -0.1) is 0 Å². The van der Waals surface area contributed by atoms with Gasteiger partial charge in [-0.3, -0.25) is 9.59 Å². The first kappa shape index (κ1) is 25.7. The van der Waals surface area contributed by atoms with E-state index in [-0.39, 0.29) is 16.5 Å². The van der Waals surface area contributed by atoms with Crippen LogP contribution in [0.25, 0.3) is 11.1 Å². The fourth-order valence-electron chi connectivity index (χ4n) is 4.67. The van der Waals surface area contributed by atoms with E-state index in [0.29, 0.717) is 11.1 Å². The minimum atomic E-state index is -1.80. The van der Waals surface area contributed by atoms with E-state index in [9.17, 15) is 9.59 Å². The lowest BCUT2D eigenvalue weighted by Gasteiger charge is -2.24. The third-order valence-corrected chi connectivity index (χ3v) is 8.68. The fourth-order valence-corrected chi connectivity index (χ4v) is 6.89. The van der Waals surface area contributed by atoms with Gasteiger partial charge in [0.25, 0.3) is 0 Å². The second-order valence-corrected chi connectivity index (χ2v) is 12.4. The molecule has 0 bridgehead atoms. The molecule has 0 saturated heterocycles. The van der Waals surface area contributed by atoms with Gasteiger partial charge in [0.15, 0.2) is 11.0 Å². The molecule has 0 N–H and O–H groups in total. The quantitative estimate of drug-likeness (QED) is 0.253. The molecule has 0 fully saturated rings. The first-order valence-electron chi connectivity index (χ1n) is 12.3. The summed E-state index contributed by atoms with van der Waals surface area (Å²) < 4.78 is 0. The summed E-state index contributed by atoms with van der Waals surface area (Å²) >= 11 is 0. The lowest BCUT2D eigenvalue weighted by molar-refractivity contribution is 0.105. The van der Waals surface area contributed by atoms with Crippen molar-refractivity contribution < 1.29 is 9.59 Å². The molecule has 4 aromatic carbocycles. The van der Waals surface area contributed by atoms with Crippen LogP contribution < -0.4 is 5.30 Å². The van der Waals surface area contributed by atoms with E-state index in [0.717, 1.165) is 33.1 Å². The summed E-state index contributed by atoms with van der Waals surface area (Å²) in [6.45, 7) is 12.5. The Hall–Kier alpha value is -3.35. The first-order chi connectivity index (χ1) is 17.1. The number of aryl methyl sites for hydroxylation is 3. The van der Waals surface area contributed by atoms with Crippen molar-refractivity contribution in [2.45, 2.75) is 47.0 Å². The minimum Gasteiger partial charge on any atom is -0.288 e. The summed E-state index contributed by atoms with van der Waals surface area (Å²) in [4.78, 5) is 28.8. The molecule has 0 amide bonds. The molecule has 0 saturated carbocycles. The minimum absolute atomic E-state index is 0.0250. The van der Waals surface area contributed by atoms with Crippen LogP contribution in [0.3, 0.4) is 0 Å². The number of hydrogen-bond donors (Lipinski definition) is 0. The Balaban J connectivity index is 1.90. The van der Waals surface area contributed by atoms with Crippen molar-refractivity contribution in [1.82, 2.24) is 0 Å². The van der Waals surface area contributed by atoms with Crippen molar-refractivity contribution in [1.29, 1.82) is 0 Å². The van der Waals surface area contributed by atoms with Gasteiger partial charge in [0.1, 0.15) is 0 Å². The molecule has 0 heterocycles. The summed E-state index contributed by atoms with van der Waals surface area (Å²) in [5.74, 6) is 0. The summed E-state index contributed by atoms with van der Waals surface area (Å²) in [6.07, 6.45) is 0. The van der Waals surface area contributed by atoms with E-state index in [1.165, 1.54) is 5.56 Å². The first-order valence-corrected chi connectivity index (χ1v) is 13.6. The van der Waals surface area contributed by atoms with Gasteiger partial charge in [0.2, 0.25) is 0 Å². The Labute approximate surface area is 216 Å². The fraction of sp³-hybridized carbons (Fsp3) is 0.212. The third kappa shape index (κ3) is 5.11. The van der Waals surface area contributed by atoms with Crippen LogP contribution in [0, 0.1) is 20.8 Å². The molecule has 2 nitrogen and oxygen atoms in total. The van der Waals surface area contributed by atoms with E-state index in [1.54, 1.807) is 0 Å². The Morgan fingerprint density at radius 3 is 1.69 bits per heavy atom. The Bertz CT molecular complexity index is 1390. The van der Waals surface area contributed by atoms with E-state index in [4.69, 9.17) is 0 Å². The smallest absolute Gasteiger partial charge is 0.197 e. The summed E-state index contributed by atoms with van der Waals surface area (Å²) in [6, 6.07) is 29.6. The lowest BCUT2D eigenvalue weighted by Crippen LogP contribution is -2.20. The summed E-state index contributed by atoms with van der Waals surface area (Å²) in [5.41, 5.74) is 6.86. The molecule has 3 heteroatoms. The monoisotopic (exact) mass is 492 g/mol. The summed E-state index contributed by atoms with van der Waals surface area (Å²) in [7, 11) is -1.80. The average Bonchev–Trinajstić information content (AvgIpc) is 2.84. The van der Waals surface area contributed by atoms with Gasteiger partial charge in [-0.25, -0.2) is 0 Å². The van der Waals surface area contributed by atoms with Crippen LogP contribution in [0.1, 0.15) is 63.7 Å². The Morgan fingerprint density at radius 1 is 0.611 bits per heavy atom. The number of hydrogen-bond acceptors (Lipinski definition) is 2. The van der Waals surface area contributed by atoms with Crippen LogP contribution in [0.15, 0.2) is 91.0 Å². The predicted octanol–water partition coefficient (Wildman–Crippen LogP) is 8.36. The zero-order chi connectivity index (χ0) is 26.0. The van der Waals surface area contributed by atoms with Crippen molar-refractivity contribution in [2.24, 2.45) is 0 Å². The van der Waals surface area contributed by atoms with Gasteiger partial charge in [-0.05, 0) is 64.9 Å². The van der Waals surface area contributed by atoms with Gasteiger partial charge in [0.05, 0.1) is 7.92 Å². The highest BCUT2D eigenvalue weighted by molar-refractivity contribution is 7.96. The lowest BCUT2D eigenvalue weighted by atomic mass is 9.84. The van der Waals surface area contributed by atoms with Crippen molar-refractivity contribution in [3.8, 4) is 11.1 Å². The van der Waals surface area contributed by atoms with Gasteiger partial charge in [-0.1, -0.05) is 112 Å². The van der Waals surface area contributed by atoms with E-state index >= 15 is 0 Å². The Kier molecular flexibility index (Phi) is 7.38. The molecule has 4 rings (SSSR count). The molecular formula is C33H33O2P. The van der Waals surface area contributed by atoms with Crippen LogP contribution in [0.2, 0.25) is 0 Å². The van der Waals surface area contributed by atoms with Crippen LogP contribution >= 0.6 is 7.92 Å². The van der Waals surface area contributed by atoms with Crippen LogP contribution in [0.5, 0.6) is 0 Å². The van der Waals surface area contributed by atoms with Gasteiger partial charge < -0.3 is 0 Å². The maximum Gasteiger partial charge on any atom is 0.197 e. The number of rotatable bonds is 6. The van der Waals surface area contributed by atoms with Crippen LogP contribution in [-0.4, -0.2) is 11.0 Å². The van der Waals surface area contributed by atoms with Crippen LogP contribution in [-0.2, 0) is 5.41 Å². The topological polar surface area (TPSA) is 34.1 Å². The zero-order valence-corrected chi connectivity index (χ0v) is 22.8. The van der Waals surface area contributed by atoms with Crippen molar-refractivity contribution in [3.63, 3.8) is 0 Å². The van der Waals surface area contributed by atoms with Crippen molar-refractivity contribution in [3.05, 3.63) is 124 Å². The molecular weight excluding hydrogens is 459 g/mol. The zero-order valence-electron chi connectivity index (χ0n) is 21.9. The van der Waals surface area contributed by atoms with E-state index in [1.807, 2.05) is 99.6 Å². The maximum absolute atomic E-state index is 14.4. The molecule has 1 unspecified atom stereocenters. The van der Waals surface area contributed by atoms with Crippen LogP contribution in [0.4, 0.5) is 0 Å². The average molecular weight is 493 g/mol. The molecule has 36 heavy (non-hydrogen) atoms. The highest BCUT2D eigenvalue weighted by Gasteiger charge is 2.34. The van der Waals surface area contributed by atoms with Gasteiger partial charge >= 0.3 is 0 Å². The highest BCUT2D eigenvalue weighted by atomic mass is 31.1.